The van der Waals surface area contributed by atoms with Crippen molar-refractivity contribution in [1.29, 1.82) is 0 Å². The molecule has 1 aliphatic rings. The predicted octanol–water partition coefficient (Wildman–Crippen LogP) is 4.27. The minimum absolute atomic E-state index is 0.117. The third-order valence-corrected chi connectivity index (χ3v) is 7.88. The Kier molecular flexibility index (Phi) is 21.2. The van der Waals surface area contributed by atoms with Crippen LogP contribution in [0.15, 0.2) is 0 Å². The molecule has 0 unspecified atom stereocenters. The molecule has 1 aliphatic heterocycles. The number of hydrogen-bond donors (Lipinski definition) is 4. The first-order valence-electron chi connectivity index (χ1n) is 16.0. The monoisotopic (exact) mass is 597 g/mol. The third kappa shape index (κ3) is 18.7. The van der Waals surface area contributed by atoms with Crippen LogP contribution in [0.25, 0.3) is 0 Å². The number of hydrogen-bond acceptors (Lipinski definition) is 6. The van der Waals surface area contributed by atoms with Crippen LogP contribution in [-0.2, 0) is 28.7 Å². The molecular weight excluding hydrogens is 542 g/mol. The normalized spacial score (nSPS) is 14.4. The summed E-state index contributed by atoms with van der Waals surface area (Å²) in [5.74, 6) is -3.06. The minimum Gasteiger partial charge on any atom is -0.481 e. The lowest BCUT2D eigenvalue weighted by Crippen LogP contribution is -2.49. The smallest absolute Gasteiger partial charge is 0.326 e. The molecule has 0 bridgehead atoms. The predicted molar refractivity (Wildman–Crippen MR) is 160 cm³/mol. The first-order valence-corrected chi connectivity index (χ1v) is 16.0. The molecule has 11 heteroatoms. The van der Waals surface area contributed by atoms with Gasteiger partial charge in [-0.3, -0.25) is 19.2 Å². The van der Waals surface area contributed by atoms with Crippen LogP contribution in [0.1, 0.15) is 122 Å². The number of carbonyl (C=O) groups excluding carboxylic acids is 3. The summed E-state index contributed by atoms with van der Waals surface area (Å²) in [6.07, 6.45) is 17.4. The molecule has 11 nitrogen and oxygen atoms in total. The van der Waals surface area contributed by atoms with Crippen LogP contribution in [0.5, 0.6) is 0 Å². The molecule has 1 rings (SSSR count). The SMILES string of the molecule is COCCNC(=O)C[C@@H](NC(=O)C1CCN(C(=O)CCCCCCCCCCCCCCCCC(=O)O)CC1)C(=O)O. The number of carboxylic acids is 2. The molecule has 4 N–H and O–H groups in total. The Morgan fingerprint density at radius 2 is 1.24 bits per heavy atom. The number of methoxy groups -OCH3 is 1. The van der Waals surface area contributed by atoms with Crippen molar-refractivity contribution in [3.63, 3.8) is 0 Å². The quantitative estimate of drug-likeness (QED) is 0.113. The van der Waals surface area contributed by atoms with Crippen molar-refractivity contribution in [3.8, 4) is 0 Å². The van der Waals surface area contributed by atoms with E-state index in [1.807, 2.05) is 0 Å². The Morgan fingerprint density at radius 3 is 1.69 bits per heavy atom. The molecule has 1 atom stereocenters. The largest absolute Gasteiger partial charge is 0.481 e. The summed E-state index contributed by atoms with van der Waals surface area (Å²) in [5, 5.41) is 23.1. The number of rotatable bonds is 25. The van der Waals surface area contributed by atoms with E-state index in [4.69, 9.17) is 9.84 Å². The Morgan fingerprint density at radius 1 is 0.762 bits per heavy atom. The summed E-state index contributed by atoms with van der Waals surface area (Å²) in [6.45, 7) is 1.55. The fraction of sp³-hybridized carbons (Fsp3) is 0.839. The van der Waals surface area contributed by atoms with Crippen LogP contribution in [0, 0.1) is 5.92 Å². The van der Waals surface area contributed by atoms with Crippen LogP contribution in [0.4, 0.5) is 0 Å². The van der Waals surface area contributed by atoms with E-state index in [1.165, 1.54) is 58.5 Å². The molecule has 0 aliphatic carbocycles. The van der Waals surface area contributed by atoms with Crippen LogP contribution < -0.4 is 10.6 Å². The van der Waals surface area contributed by atoms with Crippen LogP contribution >= 0.6 is 0 Å². The van der Waals surface area contributed by atoms with E-state index in [1.54, 1.807) is 4.90 Å². The highest BCUT2D eigenvalue weighted by atomic mass is 16.5. The van der Waals surface area contributed by atoms with Gasteiger partial charge in [-0.05, 0) is 25.7 Å². The van der Waals surface area contributed by atoms with Crippen molar-refractivity contribution in [2.24, 2.45) is 5.92 Å². The van der Waals surface area contributed by atoms with E-state index in [0.717, 1.165) is 38.5 Å². The Labute approximate surface area is 251 Å². The maximum atomic E-state index is 12.6. The van der Waals surface area contributed by atoms with Gasteiger partial charge in [0.25, 0.3) is 0 Å². The number of amides is 3. The third-order valence-electron chi connectivity index (χ3n) is 7.88. The van der Waals surface area contributed by atoms with Crippen molar-refractivity contribution in [2.45, 2.75) is 128 Å². The number of carbonyl (C=O) groups is 5. The van der Waals surface area contributed by atoms with Crippen molar-refractivity contribution in [3.05, 3.63) is 0 Å². The molecule has 1 fully saturated rings. The highest BCUT2D eigenvalue weighted by Crippen LogP contribution is 2.20. The maximum absolute atomic E-state index is 12.6. The minimum atomic E-state index is -1.29. The van der Waals surface area contributed by atoms with Gasteiger partial charge in [0.05, 0.1) is 13.0 Å². The lowest BCUT2D eigenvalue weighted by atomic mass is 9.95. The Balaban J connectivity index is 2.06. The van der Waals surface area contributed by atoms with Gasteiger partial charge in [0.15, 0.2) is 0 Å². The molecule has 42 heavy (non-hydrogen) atoms. The second-order valence-electron chi connectivity index (χ2n) is 11.4. The zero-order valence-electron chi connectivity index (χ0n) is 25.7. The number of nitrogens with one attached hydrogen (secondary N) is 2. The summed E-state index contributed by atoms with van der Waals surface area (Å²) in [6, 6.07) is -1.29. The van der Waals surface area contributed by atoms with E-state index in [0.29, 0.717) is 39.0 Å². The van der Waals surface area contributed by atoms with Crippen molar-refractivity contribution in [2.75, 3.05) is 33.4 Å². The summed E-state index contributed by atoms with van der Waals surface area (Å²) < 4.78 is 4.85. The van der Waals surface area contributed by atoms with Gasteiger partial charge in [-0.1, -0.05) is 77.0 Å². The van der Waals surface area contributed by atoms with Crippen molar-refractivity contribution >= 4 is 29.7 Å². The van der Waals surface area contributed by atoms with Crippen LogP contribution in [0.2, 0.25) is 0 Å². The molecule has 1 heterocycles. The van der Waals surface area contributed by atoms with Crippen molar-refractivity contribution < 1.29 is 38.9 Å². The lowest BCUT2D eigenvalue weighted by molar-refractivity contribution is -0.144. The average Bonchev–Trinajstić information content (AvgIpc) is 2.96. The van der Waals surface area contributed by atoms with Gasteiger partial charge in [-0.15, -0.1) is 0 Å². The topological polar surface area (TPSA) is 162 Å². The summed E-state index contributed by atoms with van der Waals surface area (Å²) >= 11 is 0. The molecule has 242 valence electrons. The van der Waals surface area contributed by atoms with Crippen LogP contribution in [0.3, 0.4) is 0 Å². The van der Waals surface area contributed by atoms with Gasteiger partial charge in [0.2, 0.25) is 17.7 Å². The number of nitrogens with zero attached hydrogens (tertiary/aromatic N) is 1. The number of piperidine rings is 1. The van der Waals surface area contributed by atoms with Crippen LogP contribution in [-0.4, -0.2) is 84.2 Å². The summed E-state index contributed by atoms with van der Waals surface area (Å²) in [7, 11) is 1.50. The molecule has 0 saturated carbocycles. The fourth-order valence-corrected chi connectivity index (χ4v) is 5.26. The van der Waals surface area contributed by atoms with Gasteiger partial charge in [-0.25, -0.2) is 4.79 Å². The number of unbranched alkanes of at least 4 members (excludes halogenated alkanes) is 13. The highest BCUT2D eigenvalue weighted by molar-refractivity contribution is 5.89. The average molecular weight is 598 g/mol. The Hall–Kier alpha value is -2.69. The van der Waals surface area contributed by atoms with Gasteiger partial charge in [-0.2, -0.15) is 0 Å². The zero-order valence-corrected chi connectivity index (χ0v) is 25.7. The van der Waals surface area contributed by atoms with Gasteiger partial charge < -0.3 is 30.5 Å². The molecule has 0 spiro atoms. The first-order chi connectivity index (χ1) is 20.2. The molecule has 0 aromatic rings. The standard InChI is InChI=1S/C31H55N3O8/c1-42-23-20-32-27(35)24-26(31(40)41)33-30(39)25-18-21-34(22-19-25)28(36)16-14-12-10-8-6-4-2-3-5-7-9-11-13-15-17-29(37)38/h25-26H,2-24H2,1H3,(H,32,35)(H,33,39)(H,37,38)(H,40,41)/t26-/m1/s1. The summed E-state index contributed by atoms with van der Waals surface area (Å²) in [5.41, 5.74) is 0. The first kappa shape index (κ1) is 37.3. The van der Waals surface area contributed by atoms with E-state index in [2.05, 4.69) is 10.6 Å². The molecule has 0 aromatic heterocycles. The summed E-state index contributed by atoms with van der Waals surface area (Å²) in [4.78, 5) is 61.0. The van der Waals surface area contributed by atoms with E-state index in [9.17, 15) is 29.1 Å². The fourth-order valence-electron chi connectivity index (χ4n) is 5.26. The van der Waals surface area contributed by atoms with Crippen molar-refractivity contribution in [1.82, 2.24) is 15.5 Å². The molecule has 1 saturated heterocycles. The molecule has 3 amide bonds. The number of ether oxygens (including phenoxy) is 1. The molecular formula is C31H55N3O8. The van der Waals surface area contributed by atoms with Gasteiger partial charge in [0, 0.05) is 45.5 Å². The maximum Gasteiger partial charge on any atom is 0.326 e. The number of likely N-dealkylation sites (tertiary alicyclic amines) is 1. The second-order valence-corrected chi connectivity index (χ2v) is 11.4. The second kappa shape index (κ2) is 23.8. The van der Waals surface area contributed by atoms with E-state index < -0.39 is 23.9 Å². The Bertz CT molecular complexity index is 799. The van der Waals surface area contributed by atoms with Gasteiger partial charge >= 0.3 is 11.9 Å². The molecule has 0 radical (unpaired) electrons. The van der Waals surface area contributed by atoms with E-state index >= 15 is 0 Å². The highest BCUT2D eigenvalue weighted by Gasteiger charge is 2.30. The van der Waals surface area contributed by atoms with Gasteiger partial charge in [0.1, 0.15) is 6.04 Å². The zero-order chi connectivity index (χ0) is 31.0. The molecule has 0 aromatic carbocycles. The van der Waals surface area contributed by atoms with E-state index in [-0.39, 0.29) is 37.1 Å². The number of carboxylic acid groups (broad SMARTS) is 2. The lowest BCUT2D eigenvalue weighted by Gasteiger charge is -2.32. The number of aliphatic carboxylic acids is 2.